The molecule has 0 heterocycles. The van der Waals surface area contributed by atoms with Gasteiger partial charge in [0.1, 0.15) is 0 Å². The third-order valence-electron chi connectivity index (χ3n) is 0.158. The van der Waals surface area contributed by atoms with Gasteiger partial charge in [0.05, 0.1) is 0 Å². The molecular weight excluding hydrogens is 62.1 g/mol. The summed E-state index contributed by atoms with van der Waals surface area (Å²) in [7, 11) is 0. The zero-order chi connectivity index (χ0) is 3.41. The molecule has 0 N–H and O–H groups in total. The van der Waals surface area contributed by atoms with Gasteiger partial charge >= 0.3 is 0 Å². The minimum atomic E-state index is 0. The van der Waals surface area contributed by atoms with E-state index in [2.05, 4.69) is 4.85 Å². The Morgan fingerprint density at radius 3 is 2.00 bits per heavy atom. The molecular formula is C4H9N. The van der Waals surface area contributed by atoms with Crippen LogP contribution in [0.3, 0.4) is 0 Å². The second-order valence-electron chi connectivity index (χ2n) is 0.474. The molecule has 0 saturated heterocycles. The fourth-order valence-electron chi connectivity index (χ4n) is 0. The van der Waals surface area contributed by atoms with Crippen LogP contribution in [-0.4, -0.2) is 6.54 Å². The number of hydrogen-bond acceptors (Lipinski definition) is 0. The summed E-state index contributed by atoms with van der Waals surface area (Å²) >= 11 is 0. The standard InChI is InChI=1S/C3H5N.CH4/c1-3-4-2;/h3H2,1H3;1H4. The van der Waals surface area contributed by atoms with Crippen LogP contribution in [0.25, 0.3) is 4.85 Å². The van der Waals surface area contributed by atoms with Gasteiger partial charge < -0.3 is 4.85 Å². The highest BCUT2D eigenvalue weighted by molar-refractivity contribution is 4.47. The van der Waals surface area contributed by atoms with Crippen LogP contribution in [0.4, 0.5) is 0 Å². The first-order chi connectivity index (χ1) is 1.91. The Labute approximate surface area is 33.4 Å². The first-order valence-electron chi connectivity index (χ1n) is 1.25. The smallest absolute Gasteiger partial charge is 0.211 e. The predicted molar refractivity (Wildman–Crippen MR) is 23.9 cm³/mol. The fraction of sp³-hybridized carbons (Fsp3) is 0.750. The van der Waals surface area contributed by atoms with Gasteiger partial charge in [0.25, 0.3) is 0 Å². The van der Waals surface area contributed by atoms with E-state index in [1.54, 1.807) is 0 Å². The van der Waals surface area contributed by atoms with Crippen LogP contribution in [0.15, 0.2) is 0 Å². The normalized spacial score (nSPS) is 4.00. The SMILES string of the molecule is C.[C-]#[N+]CC. The van der Waals surface area contributed by atoms with Crippen molar-refractivity contribution in [2.75, 3.05) is 6.54 Å². The zero-order valence-corrected chi connectivity index (χ0v) is 2.65. The summed E-state index contributed by atoms with van der Waals surface area (Å²) in [6, 6.07) is 0. The number of nitrogens with zero attached hydrogens (tertiary/aromatic N) is 1. The van der Waals surface area contributed by atoms with Gasteiger partial charge in [-0.25, -0.2) is 6.57 Å². The van der Waals surface area contributed by atoms with Crippen molar-refractivity contribution in [3.63, 3.8) is 0 Å². The van der Waals surface area contributed by atoms with Crippen LogP contribution in [0, 0.1) is 6.57 Å². The molecule has 0 amide bonds. The van der Waals surface area contributed by atoms with Crippen molar-refractivity contribution in [2.45, 2.75) is 14.4 Å². The zero-order valence-electron chi connectivity index (χ0n) is 2.65. The van der Waals surface area contributed by atoms with E-state index < -0.39 is 0 Å². The molecule has 0 fully saturated rings. The summed E-state index contributed by atoms with van der Waals surface area (Å²) in [6.07, 6.45) is 0. The van der Waals surface area contributed by atoms with Crippen molar-refractivity contribution in [2.24, 2.45) is 0 Å². The molecule has 0 bridgehead atoms. The highest BCUT2D eigenvalue weighted by Gasteiger charge is 1.50. The topological polar surface area (TPSA) is 4.36 Å². The first kappa shape index (κ1) is 8.82. The lowest BCUT2D eigenvalue weighted by molar-refractivity contribution is 1.35. The van der Waals surface area contributed by atoms with Crippen LogP contribution in [-0.2, 0) is 0 Å². The van der Waals surface area contributed by atoms with Gasteiger partial charge in [-0.05, 0) is 0 Å². The van der Waals surface area contributed by atoms with E-state index >= 15 is 0 Å². The van der Waals surface area contributed by atoms with Crippen molar-refractivity contribution in [3.05, 3.63) is 11.4 Å². The van der Waals surface area contributed by atoms with E-state index in [9.17, 15) is 0 Å². The van der Waals surface area contributed by atoms with Crippen LogP contribution < -0.4 is 0 Å². The summed E-state index contributed by atoms with van der Waals surface area (Å²) in [5.41, 5.74) is 0. The van der Waals surface area contributed by atoms with Crippen LogP contribution in [0.2, 0.25) is 0 Å². The monoisotopic (exact) mass is 71.1 g/mol. The maximum absolute atomic E-state index is 6.08. The lowest BCUT2D eigenvalue weighted by Crippen LogP contribution is -1.47. The number of hydrogen-bond donors (Lipinski definition) is 0. The fourth-order valence-corrected chi connectivity index (χ4v) is 0. The van der Waals surface area contributed by atoms with Gasteiger partial charge in [0.2, 0.25) is 6.54 Å². The molecule has 0 aliphatic heterocycles. The lowest BCUT2D eigenvalue weighted by atomic mass is 10.8. The first-order valence-corrected chi connectivity index (χ1v) is 1.25. The minimum Gasteiger partial charge on any atom is -0.317 e. The van der Waals surface area contributed by atoms with Gasteiger partial charge in [-0.1, -0.05) is 7.43 Å². The molecule has 30 valence electrons. The second-order valence-corrected chi connectivity index (χ2v) is 0.474. The van der Waals surface area contributed by atoms with E-state index in [0.29, 0.717) is 6.54 Å². The van der Waals surface area contributed by atoms with Gasteiger partial charge in [0, 0.05) is 6.92 Å². The minimum absolute atomic E-state index is 0. The maximum Gasteiger partial charge on any atom is 0.211 e. The Hall–Kier alpha value is -0.510. The third-order valence-corrected chi connectivity index (χ3v) is 0.158. The summed E-state index contributed by atoms with van der Waals surface area (Å²) in [4.78, 5) is 2.99. The van der Waals surface area contributed by atoms with Crippen LogP contribution in [0.1, 0.15) is 14.4 Å². The molecule has 0 spiro atoms. The lowest BCUT2D eigenvalue weighted by Gasteiger charge is -1.51. The predicted octanol–water partition coefficient (Wildman–Crippen LogP) is 1.56. The van der Waals surface area contributed by atoms with E-state index in [1.165, 1.54) is 0 Å². The molecule has 0 saturated carbocycles. The highest BCUT2D eigenvalue weighted by atomic mass is 14.6. The van der Waals surface area contributed by atoms with Crippen molar-refractivity contribution in [1.29, 1.82) is 0 Å². The van der Waals surface area contributed by atoms with Crippen LogP contribution in [0.5, 0.6) is 0 Å². The number of rotatable bonds is 0. The summed E-state index contributed by atoms with van der Waals surface area (Å²) in [6.45, 7) is 8.51. The van der Waals surface area contributed by atoms with Gasteiger partial charge in [-0.3, -0.25) is 0 Å². The second kappa shape index (κ2) is 9.75. The Bertz CT molecular complexity index is 33.4. The van der Waals surface area contributed by atoms with Gasteiger partial charge in [-0.2, -0.15) is 0 Å². The Morgan fingerprint density at radius 1 is 1.80 bits per heavy atom. The average Bonchev–Trinajstić information content (AvgIpc) is 1.37. The van der Waals surface area contributed by atoms with E-state index in [0.717, 1.165) is 0 Å². The van der Waals surface area contributed by atoms with Crippen molar-refractivity contribution < 1.29 is 0 Å². The van der Waals surface area contributed by atoms with Crippen molar-refractivity contribution in [3.8, 4) is 0 Å². The van der Waals surface area contributed by atoms with Crippen LogP contribution >= 0.6 is 0 Å². The molecule has 0 rings (SSSR count). The van der Waals surface area contributed by atoms with Crippen molar-refractivity contribution >= 4 is 0 Å². The molecule has 0 aromatic heterocycles. The molecule has 0 atom stereocenters. The Balaban J connectivity index is 0. The molecule has 0 radical (unpaired) electrons. The quantitative estimate of drug-likeness (QED) is 0.382. The van der Waals surface area contributed by atoms with Crippen molar-refractivity contribution in [1.82, 2.24) is 0 Å². The Morgan fingerprint density at radius 2 is 2.00 bits per heavy atom. The van der Waals surface area contributed by atoms with E-state index in [1.807, 2.05) is 6.92 Å². The molecule has 1 nitrogen and oxygen atoms in total. The molecule has 0 aromatic carbocycles. The highest BCUT2D eigenvalue weighted by Crippen LogP contribution is 1.52. The van der Waals surface area contributed by atoms with E-state index in [-0.39, 0.29) is 7.43 Å². The summed E-state index contributed by atoms with van der Waals surface area (Å²) < 4.78 is 0. The molecule has 5 heavy (non-hydrogen) atoms. The largest absolute Gasteiger partial charge is 0.317 e. The molecule has 0 unspecified atom stereocenters. The molecule has 0 aliphatic carbocycles. The third kappa shape index (κ3) is 32.3. The van der Waals surface area contributed by atoms with Gasteiger partial charge in [-0.15, -0.1) is 0 Å². The molecule has 1 heteroatoms. The summed E-state index contributed by atoms with van der Waals surface area (Å²) in [5, 5.41) is 0. The van der Waals surface area contributed by atoms with E-state index in [4.69, 9.17) is 6.57 Å². The Kier molecular flexibility index (Phi) is 17.2. The molecule has 0 aliphatic rings. The average molecular weight is 71.1 g/mol. The van der Waals surface area contributed by atoms with Gasteiger partial charge in [0.15, 0.2) is 0 Å². The summed E-state index contributed by atoms with van der Waals surface area (Å²) in [5.74, 6) is 0. The molecule has 0 aromatic rings. The maximum atomic E-state index is 6.08.